The quantitative estimate of drug-likeness (QED) is 0.209. The number of hydrogen-bond acceptors (Lipinski definition) is 6. The van der Waals surface area contributed by atoms with Crippen LogP contribution in [0.15, 0.2) is 64.6 Å². The number of nitrogens with zero attached hydrogens (tertiary/aromatic N) is 2. The Morgan fingerprint density at radius 2 is 1.72 bits per heavy atom. The summed E-state index contributed by atoms with van der Waals surface area (Å²) in [6.07, 6.45) is 0. The van der Waals surface area contributed by atoms with E-state index in [1.54, 1.807) is 31.2 Å². The largest absolute Gasteiger partial charge is 0.507 e. The molecule has 1 fully saturated rings. The molecule has 4 rings (SSSR count). The first-order valence-electron chi connectivity index (χ1n) is 9.88. The van der Waals surface area contributed by atoms with Gasteiger partial charge < -0.3 is 9.52 Å². The molecule has 3 aromatic rings. The van der Waals surface area contributed by atoms with Gasteiger partial charge in [-0.2, -0.15) is 0 Å². The Bertz CT molecular complexity index is 1280. The first-order chi connectivity index (χ1) is 15.2. The van der Waals surface area contributed by atoms with E-state index in [0.717, 1.165) is 17.2 Å². The van der Waals surface area contributed by atoms with Gasteiger partial charge in [0.1, 0.15) is 23.3 Å². The van der Waals surface area contributed by atoms with Crippen molar-refractivity contribution in [3.63, 3.8) is 0 Å². The molecular formula is C24H20N2O6. The summed E-state index contributed by atoms with van der Waals surface area (Å²) in [7, 11) is 0. The maximum absolute atomic E-state index is 13.1. The molecule has 162 valence electrons. The van der Waals surface area contributed by atoms with Gasteiger partial charge in [-0.3, -0.25) is 24.6 Å². The minimum absolute atomic E-state index is 0.0610. The highest BCUT2D eigenvalue weighted by Gasteiger charge is 2.48. The third-order valence-electron chi connectivity index (χ3n) is 5.29. The van der Waals surface area contributed by atoms with Gasteiger partial charge in [0, 0.05) is 23.4 Å². The van der Waals surface area contributed by atoms with Crippen LogP contribution in [0.25, 0.3) is 5.76 Å². The predicted octanol–water partition coefficient (Wildman–Crippen LogP) is 4.74. The van der Waals surface area contributed by atoms with Crippen molar-refractivity contribution in [2.45, 2.75) is 26.8 Å². The molecule has 8 heteroatoms. The Hall–Kier alpha value is -4.20. The van der Waals surface area contributed by atoms with Crippen molar-refractivity contribution >= 4 is 28.8 Å². The second-order valence-corrected chi connectivity index (χ2v) is 7.77. The molecule has 1 aromatic heterocycles. The lowest BCUT2D eigenvalue weighted by atomic mass is 9.98. The Morgan fingerprint density at radius 3 is 2.31 bits per heavy atom. The minimum atomic E-state index is -1.02. The summed E-state index contributed by atoms with van der Waals surface area (Å²) in [5.41, 5.74) is 1.91. The number of ketones is 1. The number of rotatable bonds is 4. The number of carbonyl (C=O) groups is 2. The van der Waals surface area contributed by atoms with Crippen LogP contribution in [-0.2, 0) is 9.59 Å². The van der Waals surface area contributed by atoms with Gasteiger partial charge in [-0.1, -0.05) is 18.2 Å². The number of hydrogen-bond donors (Lipinski definition) is 1. The van der Waals surface area contributed by atoms with Crippen molar-refractivity contribution in [1.82, 2.24) is 0 Å². The molecule has 0 spiro atoms. The van der Waals surface area contributed by atoms with Crippen molar-refractivity contribution in [3.05, 3.63) is 98.5 Å². The molecule has 1 N–H and O–H groups in total. The van der Waals surface area contributed by atoms with Crippen molar-refractivity contribution < 1.29 is 24.0 Å². The number of anilines is 1. The van der Waals surface area contributed by atoms with E-state index in [9.17, 15) is 24.8 Å². The maximum Gasteiger partial charge on any atom is 0.300 e. The summed E-state index contributed by atoms with van der Waals surface area (Å²) >= 11 is 0. The van der Waals surface area contributed by atoms with Crippen molar-refractivity contribution in [1.29, 1.82) is 0 Å². The number of nitro groups is 1. The molecular weight excluding hydrogens is 412 g/mol. The highest BCUT2D eigenvalue weighted by Crippen LogP contribution is 2.43. The molecule has 0 aliphatic carbocycles. The van der Waals surface area contributed by atoms with E-state index in [1.165, 1.54) is 23.1 Å². The van der Waals surface area contributed by atoms with Crippen LogP contribution in [0.3, 0.4) is 0 Å². The summed E-state index contributed by atoms with van der Waals surface area (Å²) in [5, 5.41) is 22.2. The van der Waals surface area contributed by atoms with Crippen LogP contribution in [0, 0.1) is 30.9 Å². The Labute approximate surface area is 183 Å². The van der Waals surface area contributed by atoms with E-state index in [0.29, 0.717) is 17.2 Å². The van der Waals surface area contributed by atoms with Gasteiger partial charge in [-0.05, 0) is 56.2 Å². The number of aryl methyl sites for hydroxylation is 3. The average Bonchev–Trinajstić information content (AvgIpc) is 3.28. The molecule has 1 saturated heterocycles. The number of benzene rings is 2. The van der Waals surface area contributed by atoms with Gasteiger partial charge in [0.05, 0.1) is 10.5 Å². The van der Waals surface area contributed by atoms with Crippen LogP contribution in [0.4, 0.5) is 11.4 Å². The fourth-order valence-electron chi connectivity index (χ4n) is 3.98. The Balaban J connectivity index is 1.96. The summed E-state index contributed by atoms with van der Waals surface area (Å²) in [6.45, 7) is 5.48. The topological polar surface area (TPSA) is 114 Å². The highest BCUT2D eigenvalue weighted by atomic mass is 16.6. The first kappa shape index (κ1) is 21.0. The zero-order valence-electron chi connectivity index (χ0n) is 17.7. The lowest BCUT2D eigenvalue weighted by Gasteiger charge is -2.24. The molecule has 1 amide bonds. The number of Topliss-reactive ketones (excluding diaryl/α,β-unsaturated/α-hetero) is 1. The number of non-ortho nitro benzene ring substituents is 1. The number of aliphatic hydroxyl groups excluding tert-OH is 1. The third-order valence-corrected chi connectivity index (χ3v) is 5.29. The van der Waals surface area contributed by atoms with Crippen LogP contribution < -0.4 is 4.90 Å². The van der Waals surface area contributed by atoms with E-state index in [-0.39, 0.29) is 16.8 Å². The zero-order valence-corrected chi connectivity index (χ0v) is 17.7. The molecule has 1 unspecified atom stereocenters. The molecule has 8 nitrogen and oxygen atoms in total. The second-order valence-electron chi connectivity index (χ2n) is 7.77. The predicted molar refractivity (Wildman–Crippen MR) is 117 cm³/mol. The minimum Gasteiger partial charge on any atom is -0.507 e. The smallest absolute Gasteiger partial charge is 0.300 e. The fraction of sp³-hybridized carbons (Fsp3) is 0.167. The normalized spacial score (nSPS) is 17.7. The van der Waals surface area contributed by atoms with Crippen LogP contribution in [0.1, 0.15) is 34.3 Å². The van der Waals surface area contributed by atoms with E-state index >= 15 is 0 Å². The monoisotopic (exact) mass is 432 g/mol. The van der Waals surface area contributed by atoms with Crippen LogP contribution in [0.2, 0.25) is 0 Å². The molecule has 0 saturated carbocycles. The van der Waals surface area contributed by atoms with Crippen LogP contribution >= 0.6 is 0 Å². The third kappa shape index (κ3) is 3.56. The molecule has 0 radical (unpaired) electrons. The van der Waals surface area contributed by atoms with Gasteiger partial charge in [0.15, 0.2) is 0 Å². The van der Waals surface area contributed by atoms with E-state index in [4.69, 9.17) is 4.42 Å². The number of amides is 1. The number of furan rings is 1. The number of carbonyl (C=O) groups excluding carboxylic acids is 2. The Morgan fingerprint density at radius 1 is 1.03 bits per heavy atom. The maximum atomic E-state index is 13.1. The highest BCUT2D eigenvalue weighted by molar-refractivity contribution is 6.51. The molecule has 2 heterocycles. The van der Waals surface area contributed by atoms with E-state index in [1.807, 2.05) is 19.9 Å². The fourth-order valence-corrected chi connectivity index (χ4v) is 3.98. The molecule has 1 aliphatic heterocycles. The average molecular weight is 432 g/mol. The van der Waals surface area contributed by atoms with Gasteiger partial charge in [0.25, 0.3) is 17.4 Å². The van der Waals surface area contributed by atoms with Crippen LogP contribution in [0.5, 0.6) is 0 Å². The SMILES string of the molecule is Cc1cc(C)cc(N2C(=O)C(=O)/C(=C(\O)c3cccc([N+](=O)[O-])c3)C2c2ccc(C)o2)c1. The summed E-state index contributed by atoms with van der Waals surface area (Å²) in [5.74, 6) is -1.35. The zero-order chi connectivity index (χ0) is 23.2. The number of nitro benzene ring substituents is 1. The Kier molecular flexibility index (Phi) is 5.14. The standard InChI is InChI=1S/C24H20N2O6/c1-13-9-14(2)11-18(10-13)25-21(19-8-7-15(3)32-19)20(23(28)24(25)29)22(27)16-5-4-6-17(12-16)26(30)31/h4-12,21,27H,1-3H3/b22-20-. The molecule has 32 heavy (non-hydrogen) atoms. The number of aliphatic hydroxyl groups is 1. The summed E-state index contributed by atoms with van der Waals surface area (Å²) in [4.78, 5) is 38.1. The van der Waals surface area contributed by atoms with E-state index in [2.05, 4.69) is 0 Å². The lowest BCUT2D eigenvalue weighted by Crippen LogP contribution is -2.29. The first-order valence-corrected chi connectivity index (χ1v) is 9.88. The van der Waals surface area contributed by atoms with E-state index < -0.39 is 28.4 Å². The van der Waals surface area contributed by atoms with Crippen molar-refractivity contribution in [3.8, 4) is 0 Å². The van der Waals surface area contributed by atoms with Gasteiger partial charge >= 0.3 is 0 Å². The van der Waals surface area contributed by atoms with Gasteiger partial charge in [-0.25, -0.2) is 0 Å². The van der Waals surface area contributed by atoms with Crippen molar-refractivity contribution in [2.24, 2.45) is 0 Å². The van der Waals surface area contributed by atoms with Crippen molar-refractivity contribution in [2.75, 3.05) is 4.90 Å². The summed E-state index contributed by atoms with van der Waals surface area (Å²) < 4.78 is 5.75. The molecule has 1 atom stereocenters. The van der Waals surface area contributed by atoms with Gasteiger partial charge in [0.2, 0.25) is 0 Å². The molecule has 0 bridgehead atoms. The molecule has 1 aliphatic rings. The summed E-state index contributed by atoms with van der Waals surface area (Å²) in [6, 6.07) is 13.1. The van der Waals surface area contributed by atoms with Gasteiger partial charge in [-0.15, -0.1) is 0 Å². The van der Waals surface area contributed by atoms with Crippen LogP contribution in [-0.4, -0.2) is 21.7 Å². The second kappa shape index (κ2) is 7.81. The lowest BCUT2D eigenvalue weighted by molar-refractivity contribution is -0.384. The molecule has 2 aromatic carbocycles.